The number of aryl methyl sites for hydroxylation is 2. The van der Waals surface area contributed by atoms with Crippen LogP contribution in [0.15, 0.2) is 36.4 Å². The average Bonchev–Trinajstić information content (AvgIpc) is 3.38. The number of carbonyl (C=O) groups excluding carboxylic acids is 1. The number of sulfone groups is 1. The Morgan fingerprint density at radius 1 is 1.19 bits per heavy atom. The predicted octanol–water partition coefficient (Wildman–Crippen LogP) is 3.78. The van der Waals surface area contributed by atoms with Gasteiger partial charge in [-0.15, -0.1) is 0 Å². The number of benzene rings is 2. The van der Waals surface area contributed by atoms with Crippen molar-refractivity contribution >= 4 is 27.3 Å². The van der Waals surface area contributed by atoms with Crippen molar-refractivity contribution in [3.05, 3.63) is 69.4 Å². The third kappa shape index (κ3) is 3.29. The number of phenols is 1. The van der Waals surface area contributed by atoms with Gasteiger partial charge in [0, 0.05) is 22.2 Å². The van der Waals surface area contributed by atoms with Gasteiger partial charge in [0.15, 0.2) is 9.84 Å². The Hall–Kier alpha value is -2.84. The third-order valence-corrected chi connectivity index (χ3v) is 8.42. The lowest BCUT2D eigenvalue weighted by Gasteiger charge is -2.31. The van der Waals surface area contributed by atoms with E-state index < -0.39 is 21.9 Å². The SMILES string of the molecule is Cc1cc(O)c(-c2n[nH]c3c2C(c2cccc(Cl)c2)N(C2CCS(=O)(=O)C2)C3=O)cc1C. The number of hydrogen-bond acceptors (Lipinski definition) is 5. The number of fused-ring (bicyclic) bond motifs is 1. The minimum atomic E-state index is -3.21. The van der Waals surface area contributed by atoms with Crippen molar-refractivity contribution in [3.63, 3.8) is 0 Å². The fourth-order valence-corrected chi connectivity index (χ4v) is 6.65. The van der Waals surface area contributed by atoms with Crippen molar-refractivity contribution in [2.24, 2.45) is 0 Å². The maximum atomic E-state index is 13.5. The summed E-state index contributed by atoms with van der Waals surface area (Å²) in [5.41, 5.74) is 4.62. The molecule has 0 spiro atoms. The van der Waals surface area contributed by atoms with Crippen LogP contribution in [0, 0.1) is 13.8 Å². The number of halogens is 1. The summed E-state index contributed by atoms with van der Waals surface area (Å²) in [6.07, 6.45) is 0.382. The first-order valence-corrected chi connectivity index (χ1v) is 12.5. The van der Waals surface area contributed by atoms with E-state index in [1.807, 2.05) is 26.0 Å². The first-order valence-electron chi connectivity index (χ1n) is 10.3. The van der Waals surface area contributed by atoms with Crippen LogP contribution in [0.1, 0.15) is 45.2 Å². The zero-order valence-corrected chi connectivity index (χ0v) is 19.2. The number of nitrogens with zero attached hydrogens (tertiary/aromatic N) is 2. The zero-order chi connectivity index (χ0) is 22.8. The highest BCUT2D eigenvalue weighted by Gasteiger charge is 2.48. The molecular formula is C23H22ClN3O4S. The summed E-state index contributed by atoms with van der Waals surface area (Å²) in [6, 6.07) is 9.72. The van der Waals surface area contributed by atoms with Crippen molar-refractivity contribution in [1.29, 1.82) is 0 Å². The lowest BCUT2D eigenvalue weighted by Crippen LogP contribution is -2.40. The Morgan fingerprint density at radius 3 is 2.62 bits per heavy atom. The summed E-state index contributed by atoms with van der Waals surface area (Å²) >= 11 is 6.27. The summed E-state index contributed by atoms with van der Waals surface area (Å²) in [5.74, 6) is -0.242. The highest BCUT2D eigenvalue weighted by molar-refractivity contribution is 7.91. The van der Waals surface area contributed by atoms with E-state index in [4.69, 9.17) is 11.6 Å². The molecule has 3 heterocycles. The minimum absolute atomic E-state index is 0.0562. The number of H-pyrrole nitrogens is 1. The predicted molar refractivity (Wildman–Crippen MR) is 122 cm³/mol. The molecule has 2 N–H and O–H groups in total. The Bertz CT molecular complexity index is 1370. The fraction of sp³-hybridized carbons (Fsp3) is 0.304. The smallest absolute Gasteiger partial charge is 0.273 e. The normalized spacial score (nSPS) is 21.8. The third-order valence-electron chi connectivity index (χ3n) is 6.44. The number of amides is 1. The second kappa shape index (κ2) is 7.35. The van der Waals surface area contributed by atoms with Gasteiger partial charge < -0.3 is 10.0 Å². The van der Waals surface area contributed by atoms with Gasteiger partial charge in [-0.05, 0) is 61.2 Å². The maximum absolute atomic E-state index is 13.5. The molecule has 2 unspecified atom stereocenters. The monoisotopic (exact) mass is 471 g/mol. The molecule has 7 nitrogen and oxygen atoms in total. The van der Waals surface area contributed by atoms with E-state index in [1.165, 1.54) is 0 Å². The number of hydrogen-bond donors (Lipinski definition) is 2. The number of aromatic nitrogens is 2. The van der Waals surface area contributed by atoms with Crippen LogP contribution in [0.25, 0.3) is 11.3 Å². The van der Waals surface area contributed by atoms with Crippen LogP contribution in [0.2, 0.25) is 5.02 Å². The summed E-state index contributed by atoms with van der Waals surface area (Å²) in [4.78, 5) is 15.1. The van der Waals surface area contributed by atoms with E-state index in [-0.39, 0.29) is 23.2 Å². The topological polar surface area (TPSA) is 103 Å². The maximum Gasteiger partial charge on any atom is 0.273 e. The van der Waals surface area contributed by atoms with Crippen molar-refractivity contribution in [1.82, 2.24) is 15.1 Å². The van der Waals surface area contributed by atoms with Crippen molar-refractivity contribution in [2.45, 2.75) is 32.4 Å². The molecular weight excluding hydrogens is 450 g/mol. The van der Waals surface area contributed by atoms with Crippen LogP contribution >= 0.6 is 11.6 Å². The van der Waals surface area contributed by atoms with Crippen LogP contribution in [0.3, 0.4) is 0 Å². The van der Waals surface area contributed by atoms with Crippen molar-refractivity contribution in [3.8, 4) is 17.0 Å². The molecule has 0 bridgehead atoms. The Morgan fingerprint density at radius 2 is 1.94 bits per heavy atom. The lowest BCUT2D eigenvalue weighted by molar-refractivity contribution is 0.0677. The van der Waals surface area contributed by atoms with Gasteiger partial charge in [0.25, 0.3) is 5.91 Å². The molecule has 2 atom stereocenters. The molecule has 0 saturated carbocycles. The van der Waals surface area contributed by atoms with Gasteiger partial charge in [-0.3, -0.25) is 9.89 Å². The van der Waals surface area contributed by atoms with E-state index in [0.29, 0.717) is 34.0 Å². The van der Waals surface area contributed by atoms with Crippen molar-refractivity contribution in [2.75, 3.05) is 11.5 Å². The highest BCUT2D eigenvalue weighted by Crippen LogP contribution is 2.47. The molecule has 166 valence electrons. The number of aromatic amines is 1. The number of nitrogens with one attached hydrogen (secondary N) is 1. The molecule has 5 rings (SSSR count). The molecule has 0 radical (unpaired) electrons. The number of rotatable bonds is 3. The number of carbonyl (C=O) groups is 1. The van der Waals surface area contributed by atoms with Crippen molar-refractivity contribution < 1.29 is 18.3 Å². The van der Waals surface area contributed by atoms with Gasteiger partial charge in [-0.2, -0.15) is 5.10 Å². The molecule has 1 saturated heterocycles. The van der Waals surface area contributed by atoms with Crippen LogP contribution in [0.5, 0.6) is 5.75 Å². The zero-order valence-electron chi connectivity index (χ0n) is 17.6. The fourth-order valence-electron chi connectivity index (χ4n) is 4.74. The number of aromatic hydroxyl groups is 1. The molecule has 1 fully saturated rings. The van der Waals surface area contributed by atoms with Crippen LogP contribution < -0.4 is 0 Å². The molecule has 2 aromatic carbocycles. The Balaban J connectivity index is 1.71. The van der Waals surface area contributed by atoms with Crippen LogP contribution in [-0.4, -0.2) is 52.1 Å². The molecule has 0 aliphatic carbocycles. The lowest BCUT2D eigenvalue weighted by atomic mass is 9.93. The van der Waals surface area contributed by atoms with E-state index in [9.17, 15) is 18.3 Å². The summed E-state index contributed by atoms with van der Waals surface area (Å²) in [5, 5.41) is 18.4. The molecule has 3 aromatic rings. The standard InChI is InChI=1S/C23H22ClN3O4S/c1-12-8-17(18(28)9-13(12)2)20-19-21(26-25-20)23(29)27(16-6-7-32(30,31)11-16)22(19)14-4-3-5-15(24)10-14/h3-5,8-10,16,22,28H,6-7,11H2,1-2H3,(H,25,26). The van der Waals surface area contributed by atoms with Crippen LogP contribution in [-0.2, 0) is 9.84 Å². The van der Waals surface area contributed by atoms with E-state index >= 15 is 0 Å². The van der Waals surface area contributed by atoms with E-state index in [2.05, 4.69) is 10.2 Å². The van der Waals surface area contributed by atoms with E-state index in [1.54, 1.807) is 29.2 Å². The first-order chi connectivity index (χ1) is 15.2. The summed E-state index contributed by atoms with van der Waals surface area (Å²) in [6.45, 7) is 3.86. The molecule has 1 aromatic heterocycles. The molecule has 1 amide bonds. The molecule has 32 heavy (non-hydrogen) atoms. The second-order valence-corrected chi connectivity index (χ2v) is 11.2. The largest absolute Gasteiger partial charge is 0.507 e. The van der Waals surface area contributed by atoms with Gasteiger partial charge in [0.05, 0.1) is 17.5 Å². The summed E-state index contributed by atoms with van der Waals surface area (Å²) in [7, 11) is -3.21. The minimum Gasteiger partial charge on any atom is -0.507 e. The summed E-state index contributed by atoms with van der Waals surface area (Å²) < 4.78 is 24.4. The van der Waals surface area contributed by atoms with Gasteiger partial charge in [-0.1, -0.05) is 23.7 Å². The van der Waals surface area contributed by atoms with E-state index in [0.717, 1.165) is 16.7 Å². The van der Waals surface area contributed by atoms with Crippen LogP contribution in [0.4, 0.5) is 0 Å². The Labute approximate surface area is 190 Å². The average molecular weight is 472 g/mol. The van der Waals surface area contributed by atoms with Gasteiger partial charge in [0.2, 0.25) is 0 Å². The van der Waals surface area contributed by atoms with Gasteiger partial charge in [0.1, 0.15) is 17.1 Å². The highest BCUT2D eigenvalue weighted by atomic mass is 35.5. The van der Waals surface area contributed by atoms with Gasteiger partial charge in [-0.25, -0.2) is 8.42 Å². The second-order valence-electron chi connectivity index (χ2n) is 8.54. The molecule has 9 heteroatoms. The Kier molecular flexibility index (Phi) is 4.83. The number of phenolic OH excluding ortho intramolecular Hbond substituents is 1. The molecule has 2 aliphatic rings. The molecule has 2 aliphatic heterocycles. The quantitative estimate of drug-likeness (QED) is 0.605. The van der Waals surface area contributed by atoms with Gasteiger partial charge >= 0.3 is 0 Å². The first kappa shape index (κ1) is 21.0.